The predicted octanol–water partition coefficient (Wildman–Crippen LogP) is 4.54. The van der Waals surface area contributed by atoms with Gasteiger partial charge >= 0.3 is 6.09 Å². The lowest BCUT2D eigenvalue weighted by Crippen LogP contribution is -2.33. The van der Waals surface area contributed by atoms with Crippen molar-refractivity contribution in [1.82, 2.24) is 19.4 Å². The Hall–Kier alpha value is -2.60. The van der Waals surface area contributed by atoms with Crippen molar-refractivity contribution in [3.8, 4) is 11.3 Å². The number of carbonyl (C=O) groups excluding carboxylic acids is 1. The topological polar surface area (TPSA) is 60.2 Å². The van der Waals surface area contributed by atoms with E-state index in [4.69, 9.17) is 16.3 Å². The molecule has 0 aliphatic carbocycles. The molecule has 1 amide bonds. The molecule has 6 nitrogen and oxygen atoms in total. The monoisotopic (exact) mass is 384 g/mol. The molecule has 0 saturated heterocycles. The number of rotatable bonds is 1. The maximum Gasteiger partial charge on any atom is 0.410 e. The molecule has 140 valence electrons. The highest BCUT2D eigenvalue weighted by Gasteiger charge is 2.32. The summed E-state index contributed by atoms with van der Waals surface area (Å²) in [6.07, 6.45) is 5.06. The largest absolute Gasteiger partial charge is 0.444 e. The number of ether oxygens (including phenoxy) is 1. The van der Waals surface area contributed by atoms with Crippen LogP contribution in [0.15, 0.2) is 30.7 Å². The lowest BCUT2D eigenvalue weighted by molar-refractivity contribution is 0.0242. The number of aryl methyl sites for hydroxylation is 1. The van der Waals surface area contributed by atoms with Crippen LogP contribution in [0.5, 0.6) is 0 Å². The second kappa shape index (κ2) is 6.23. The molecule has 0 spiro atoms. The van der Waals surface area contributed by atoms with Gasteiger partial charge in [0.05, 0.1) is 23.8 Å². The number of aromatic nitrogens is 3. The SMILES string of the molecule is Cn1ccc2c(-c3ncc(Cl)c4c3CN(C(=O)OC(C)(C)C)C4)ccnc21. The summed E-state index contributed by atoms with van der Waals surface area (Å²) in [5, 5.41) is 1.59. The minimum absolute atomic E-state index is 0.347. The maximum atomic E-state index is 12.5. The summed E-state index contributed by atoms with van der Waals surface area (Å²) in [5.74, 6) is 0. The van der Waals surface area contributed by atoms with E-state index in [1.807, 2.05) is 50.7 Å². The third-order valence-electron chi connectivity index (χ3n) is 4.62. The van der Waals surface area contributed by atoms with Gasteiger partial charge in [-0.15, -0.1) is 0 Å². The lowest BCUT2D eigenvalue weighted by Gasteiger charge is -2.24. The van der Waals surface area contributed by atoms with Gasteiger partial charge in [0.1, 0.15) is 11.2 Å². The summed E-state index contributed by atoms with van der Waals surface area (Å²) in [4.78, 5) is 23.2. The van der Waals surface area contributed by atoms with Crippen LogP contribution in [0.3, 0.4) is 0 Å². The van der Waals surface area contributed by atoms with Crippen LogP contribution in [0.1, 0.15) is 31.9 Å². The van der Waals surface area contributed by atoms with Gasteiger partial charge in [-0.3, -0.25) is 9.88 Å². The fraction of sp³-hybridized carbons (Fsp3) is 0.350. The predicted molar refractivity (Wildman–Crippen MR) is 104 cm³/mol. The normalized spacial score (nSPS) is 13.9. The van der Waals surface area contributed by atoms with Crippen LogP contribution < -0.4 is 0 Å². The summed E-state index contributed by atoms with van der Waals surface area (Å²) in [6.45, 7) is 6.41. The van der Waals surface area contributed by atoms with Gasteiger partial charge in [0.25, 0.3) is 0 Å². The Morgan fingerprint density at radius 2 is 1.93 bits per heavy atom. The molecule has 4 heterocycles. The Kier molecular flexibility index (Phi) is 4.11. The first-order chi connectivity index (χ1) is 12.7. The van der Waals surface area contributed by atoms with Gasteiger partial charge in [-0.2, -0.15) is 0 Å². The number of carbonyl (C=O) groups is 1. The summed E-state index contributed by atoms with van der Waals surface area (Å²) in [7, 11) is 1.96. The van der Waals surface area contributed by atoms with E-state index in [9.17, 15) is 4.79 Å². The van der Waals surface area contributed by atoms with Gasteiger partial charge in [0.15, 0.2) is 0 Å². The Labute approximate surface area is 162 Å². The number of pyridine rings is 2. The molecule has 0 bridgehead atoms. The van der Waals surface area contributed by atoms with Gasteiger partial charge in [0, 0.05) is 42.2 Å². The molecular weight excluding hydrogens is 364 g/mol. The average Bonchev–Trinajstić information content (AvgIpc) is 3.19. The smallest absolute Gasteiger partial charge is 0.410 e. The maximum absolute atomic E-state index is 12.5. The molecule has 0 atom stereocenters. The first kappa shape index (κ1) is 17.8. The third-order valence-corrected chi connectivity index (χ3v) is 4.94. The van der Waals surface area contributed by atoms with Crippen molar-refractivity contribution in [2.24, 2.45) is 7.05 Å². The molecule has 4 rings (SSSR count). The van der Waals surface area contributed by atoms with E-state index in [0.29, 0.717) is 18.1 Å². The first-order valence-corrected chi connectivity index (χ1v) is 9.17. The van der Waals surface area contributed by atoms with Crippen molar-refractivity contribution in [1.29, 1.82) is 0 Å². The molecule has 0 N–H and O–H groups in total. The highest BCUT2D eigenvalue weighted by Crippen LogP contribution is 2.37. The zero-order valence-electron chi connectivity index (χ0n) is 15.8. The van der Waals surface area contributed by atoms with E-state index < -0.39 is 5.60 Å². The number of amides is 1. The van der Waals surface area contributed by atoms with Crippen LogP contribution >= 0.6 is 11.6 Å². The minimum atomic E-state index is -0.544. The van der Waals surface area contributed by atoms with Crippen LogP contribution in [-0.2, 0) is 24.9 Å². The van der Waals surface area contributed by atoms with Crippen LogP contribution in [0.4, 0.5) is 4.79 Å². The zero-order chi connectivity index (χ0) is 19.3. The van der Waals surface area contributed by atoms with E-state index in [0.717, 1.165) is 33.4 Å². The van der Waals surface area contributed by atoms with Gasteiger partial charge in [-0.1, -0.05) is 11.6 Å². The van der Waals surface area contributed by atoms with E-state index in [-0.39, 0.29) is 6.09 Å². The summed E-state index contributed by atoms with van der Waals surface area (Å²) >= 11 is 6.40. The highest BCUT2D eigenvalue weighted by atomic mass is 35.5. The van der Waals surface area contributed by atoms with Crippen LogP contribution in [0.2, 0.25) is 5.02 Å². The van der Waals surface area contributed by atoms with Crippen LogP contribution in [0, 0.1) is 0 Å². The quantitative estimate of drug-likeness (QED) is 0.618. The molecule has 3 aromatic heterocycles. The van der Waals surface area contributed by atoms with Crippen molar-refractivity contribution in [2.75, 3.05) is 0 Å². The van der Waals surface area contributed by atoms with E-state index in [1.165, 1.54) is 0 Å². The molecule has 0 aromatic carbocycles. The summed E-state index contributed by atoms with van der Waals surface area (Å²) < 4.78 is 7.50. The third kappa shape index (κ3) is 3.14. The van der Waals surface area contributed by atoms with Crippen LogP contribution in [-0.4, -0.2) is 31.1 Å². The minimum Gasteiger partial charge on any atom is -0.444 e. The van der Waals surface area contributed by atoms with Crippen molar-refractivity contribution in [3.63, 3.8) is 0 Å². The van der Waals surface area contributed by atoms with E-state index in [1.54, 1.807) is 17.3 Å². The Balaban J connectivity index is 1.77. The standard InChI is InChI=1S/C20H21ClN4O2/c1-20(2,3)27-19(26)25-10-14-15(11-25)17(23-9-16(14)21)12-5-7-22-18-13(12)6-8-24(18)4/h5-9H,10-11H2,1-4H3. The molecule has 3 aromatic rings. The molecular formula is C20H21ClN4O2. The zero-order valence-corrected chi connectivity index (χ0v) is 16.5. The molecule has 0 unspecified atom stereocenters. The van der Waals surface area contributed by atoms with E-state index in [2.05, 4.69) is 9.97 Å². The lowest BCUT2D eigenvalue weighted by atomic mass is 10.0. The van der Waals surface area contributed by atoms with Gasteiger partial charge < -0.3 is 9.30 Å². The molecule has 0 radical (unpaired) electrons. The molecule has 1 aliphatic heterocycles. The fourth-order valence-corrected chi connectivity index (χ4v) is 3.62. The average molecular weight is 385 g/mol. The number of nitrogens with zero attached hydrogens (tertiary/aromatic N) is 4. The van der Waals surface area contributed by atoms with Crippen molar-refractivity contribution >= 4 is 28.7 Å². The Bertz CT molecular complexity index is 1050. The van der Waals surface area contributed by atoms with Crippen molar-refractivity contribution in [2.45, 2.75) is 39.5 Å². The first-order valence-electron chi connectivity index (χ1n) is 8.79. The second-order valence-electron chi connectivity index (χ2n) is 7.77. The molecule has 0 saturated carbocycles. The number of hydrogen-bond donors (Lipinski definition) is 0. The van der Waals surface area contributed by atoms with Gasteiger partial charge in [-0.25, -0.2) is 9.78 Å². The molecule has 7 heteroatoms. The van der Waals surface area contributed by atoms with E-state index >= 15 is 0 Å². The summed E-state index contributed by atoms with van der Waals surface area (Å²) in [6, 6.07) is 3.98. The van der Waals surface area contributed by atoms with Crippen molar-refractivity contribution in [3.05, 3.63) is 46.9 Å². The number of fused-ring (bicyclic) bond motifs is 2. The van der Waals surface area contributed by atoms with Crippen LogP contribution in [0.25, 0.3) is 22.3 Å². The number of hydrogen-bond acceptors (Lipinski definition) is 4. The second-order valence-corrected chi connectivity index (χ2v) is 8.18. The highest BCUT2D eigenvalue weighted by molar-refractivity contribution is 6.31. The number of halogens is 1. The Morgan fingerprint density at radius 1 is 1.19 bits per heavy atom. The fourth-order valence-electron chi connectivity index (χ4n) is 3.40. The molecule has 0 fully saturated rings. The Morgan fingerprint density at radius 3 is 2.67 bits per heavy atom. The molecule has 27 heavy (non-hydrogen) atoms. The summed E-state index contributed by atoms with van der Waals surface area (Å²) in [5.41, 5.74) is 4.05. The van der Waals surface area contributed by atoms with Gasteiger partial charge in [-0.05, 0) is 38.5 Å². The molecule has 1 aliphatic rings. The van der Waals surface area contributed by atoms with Crippen molar-refractivity contribution < 1.29 is 9.53 Å². The van der Waals surface area contributed by atoms with Gasteiger partial charge in [0.2, 0.25) is 0 Å².